The fourth-order valence-corrected chi connectivity index (χ4v) is 2.78. The number of carbonyl (C=O) groups excluding carboxylic acids is 1. The van der Waals surface area contributed by atoms with Crippen LogP contribution in [-0.4, -0.2) is 18.1 Å². The molecule has 0 aliphatic rings. The van der Waals surface area contributed by atoms with Gasteiger partial charge in [0.25, 0.3) is 5.91 Å². The third kappa shape index (κ3) is 6.18. The van der Waals surface area contributed by atoms with Crippen LogP contribution in [0.25, 0.3) is 0 Å². The number of hydrogen-bond donors (Lipinski definition) is 1. The van der Waals surface area contributed by atoms with Crippen LogP contribution in [0.4, 0.5) is 5.69 Å². The van der Waals surface area contributed by atoms with Gasteiger partial charge < -0.3 is 14.8 Å². The van der Waals surface area contributed by atoms with Crippen molar-refractivity contribution >= 4 is 27.5 Å². The second-order valence-corrected chi connectivity index (χ2v) is 7.10. The van der Waals surface area contributed by atoms with E-state index in [0.29, 0.717) is 12.4 Å². The predicted molar refractivity (Wildman–Crippen MR) is 104 cm³/mol. The zero-order chi connectivity index (χ0) is 18.4. The quantitative estimate of drug-likeness (QED) is 0.697. The minimum absolute atomic E-state index is 0.166. The first-order valence-corrected chi connectivity index (χ1v) is 9.08. The van der Waals surface area contributed by atoms with Gasteiger partial charge >= 0.3 is 0 Å². The smallest absolute Gasteiger partial charge is 0.265 e. The van der Waals surface area contributed by atoms with Gasteiger partial charge in [-0.1, -0.05) is 18.2 Å². The molecule has 1 amide bonds. The summed E-state index contributed by atoms with van der Waals surface area (Å²) in [5.41, 5.74) is 2.87. The molecule has 0 aliphatic carbocycles. The Kier molecular flexibility index (Phi) is 7.02. The van der Waals surface area contributed by atoms with E-state index in [0.717, 1.165) is 21.3 Å². The summed E-state index contributed by atoms with van der Waals surface area (Å²) in [4.78, 5) is 12.4. The van der Waals surface area contributed by atoms with Crippen molar-refractivity contribution in [2.45, 2.75) is 46.5 Å². The lowest BCUT2D eigenvalue weighted by Crippen LogP contribution is -2.30. The SMILES string of the molecule is Cc1ccc(OC(C)C(=O)Nc2cccc(COC(C)C)c2)c(Br)c1. The molecule has 1 atom stereocenters. The summed E-state index contributed by atoms with van der Waals surface area (Å²) in [5.74, 6) is 0.446. The van der Waals surface area contributed by atoms with E-state index in [1.165, 1.54) is 0 Å². The van der Waals surface area contributed by atoms with E-state index in [2.05, 4.69) is 21.2 Å². The number of nitrogens with one attached hydrogen (secondary N) is 1. The minimum Gasteiger partial charge on any atom is -0.480 e. The molecule has 2 rings (SSSR count). The van der Waals surface area contributed by atoms with Crippen LogP contribution < -0.4 is 10.1 Å². The third-order valence-electron chi connectivity index (χ3n) is 3.54. The number of anilines is 1. The van der Waals surface area contributed by atoms with E-state index < -0.39 is 6.10 Å². The first-order valence-electron chi connectivity index (χ1n) is 8.29. The Morgan fingerprint density at radius 1 is 1.16 bits per heavy atom. The summed E-state index contributed by atoms with van der Waals surface area (Å²) < 4.78 is 12.2. The summed E-state index contributed by atoms with van der Waals surface area (Å²) in [7, 11) is 0. The third-order valence-corrected chi connectivity index (χ3v) is 4.16. The van der Waals surface area contributed by atoms with E-state index in [1.807, 2.05) is 63.2 Å². The van der Waals surface area contributed by atoms with Gasteiger partial charge in [0.15, 0.2) is 6.10 Å². The molecule has 0 bridgehead atoms. The molecular formula is C20H24BrNO3. The number of carbonyl (C=O) groups is 1. The topological polar surface area (TPSA) is 47.6 Å². The zero-order valence-electron chi connectivity index (χ0n) is 15.0. The highest BCUT2D eigenvalue weighted by Crippen LogP contribution is 2.26. The number of benzene rings is 2. The van der Waals surface area contributed by atoms with Crippen LogP contribution in [-0.2, 0) is 16.1 Å². The van der Waals surface area contributed by atoms with Crippen LogP contribution in [0.15, 0.2) is 46.9 Å². The maximum absolute atomic E-state index is 12.4. The Morgan fingerprint density at radius 2 is 1.92 bits per heavy atom. The Hall–Kier alpha value is -1.85. The molecule has 0 spiro atoms. The molecule has 5 heteroatoms. The van der Waals surface area contributed by atoms with Gasteiger partial charge in [0.2, 0.25) is 0 Å². The molecule has 0 fully saturated rings. The molecule has 2 aromatic carbocycles. The fraction of sp³-hybridized carbons (Fsp3) is 0.350. The average Bonchev–Trinajstić information content (AvgIpc) is 2.55. The van der Waals surface area contributed by atoms with E-state index in [9.17, 15) is 4.79 Å². The van der Waals surface area contributed by atoms with Crippen molar-refractivity contribution in [2.24, 2.45) is 0 Å². The highest BCUT2D eigenvalue weighted by molar-refractivity contribution is 9.10. The van der Waals surface area contributed by atoms with E-state index >= 15 is 0 Å². The molecule has 1 unspecified atom stereocenters. The van der Waals surface area contributed by atoms with Crippen LogP contribution in [0.1, 0.15) is 31.9 Å². The van der Waals surface area contributed by atoms with E-state index in [1.54, 1.807) is 6.92 Å². The van der Waals surface area contributed by atoms with Gasteiger partial charge in [-0.25, -0.2) is 0 Å². The molecule has 0 saturated carbocycles. The minimum atomic E-state index is -0.616. The van der Waals surface area contributed by atoms with Gasteiger partial charge in [0, 0.05) is 5.69 Å². The normalized spacial score (nSPS) is 12.1. The summed E-state index contributed by atoms with van der Waals surface area (Å²) >= 11 is 3.46. The Bertz CT molecular complexity index is 731. The first-order chi connectivity index (χ1) is 11.8. The van der Waals surface area contributed by atoms with Crippen LogP contribution >= 0.6 is 15.9 Å². The lowest BCUT2D eigenvalue weighted by atomic mass is 10.2. The van der Waals surface area contributed by atoms with Gasteiger partial charge in [-0.2, -0.15) is 0 Å². The van der Waals surface area contributed by atoms with Crippen molar-refractivity contribution in [1.29, 1.82) is 0 Å². The maximum Gasteiger partial charge on any atom is 0.265 e. The molecule has 25 heavy (non-hydrogen) atoms. The Balaban J connectivity index is 1.97. The molecule has 134 valence electrons. The van der Waals surface area contributed by atoms with Crippen molar-refractivity contribution in [3.63, 3.8) is 0 Å². The predicted octanol–water partition coefficient (Wildman–Crippen LogP) is 5.09. The van der Waals surface area contributed by atoms with Gasteiger partial charge in [-0.3, -0.25) is 4.79 Å². The first kappa shape index (κ1) is 19.5. The maximum atomic E-state index is 12.4. The van der Waals surface area contributed by atoms with Crippen LogP contribution in [0.3, 0.4) is 0 Å². The highest BCUT2D eigenvalue weighted by atomic mass is 79.9. The second kappa shape index (κ2) is 9.02. The summed E-state index contributed by atoms with van der Waals surface area (Å²) in [5, 5.41) is 2.89. The number of aryl methyl sites for hydroxylation is 1. The van der Waals surface area contributed by atoms with Crippen molar-refractivity contribution in [3.8, 4) is 5.75 Å². The lowest BCUT2D eigenvalue weighted by Gasteiger charge is -2.16. The average molecular weight is 406 g/mol. The second-order valence-electron chi connectivity index (χ2n) is 6.24. The molecule has 0 saturated heterocycles. The van der Waals surface area contributed by atoms with Crippen molar-refractivity contribution in [3.05, 3.63) is 58.1 Å². The molecule has 0 aromatic heterocycles. The Morgan fingerprint density at radius 3 is 2.60 bits per heavy atom. The van der Waals surface area contributed by atoms with Crippen LogP contribution in [0.5, 0.6) is 5.75 Å². The molecule has 4 nitrogen and oxygen atoms in total. The summed E-state index contributed by atoms with van der Waals surface area (Å²) in [6.07, 6.45) is -0.450. The zero-order valence-corrected chi connectivity index (χ0v) is 16.6. The fourth-order valence-electron chi connectivity index (χ4n) is 2.19. The van der Waals surface area contributed by atoms with Crippen molar-refractivity contribution in [1.82, 2.24) is 0 Å². The van der Waals surface area contributed by atoms with Crippen LogP contribution in [0.2, 0.25) is 0 Å². The van der Waals surface area contributed by atoms with Crippen LogP contribution in [0, 0.1) is 6.92 Å². The number of hydrogen-bond acceptors (Lipinski definition) is 3. The Labute approximate surface area is 157 Å². The van der Waals surface area contributed by atoms with Crippen molar-refractivity contribution in [2.75, 3.05) is 5.32 Å². The lowest BCUT2D eigenvalue weighted by molar-refractivity contribution is -0.122. The standard InChI is InChI=1S/C20H24BrNO3/c1-13(2)24-12-16-6-5-7-17(11-16)22-20(23)15(4)25-19-9-8-14(3)10-18(19)21/h5-11,13,15H,12H2,1-4H3,(H,22,23). The molecule has 0 aliphatic heterocycles. The van der Waals surface area contributed by atoms with E-state index in [-0.39, 0.29) is 12.0 Å². The highest BCUT2D eigenvalue weighted by Gasteiger charge is 2.16. The van der Waals surface area contributed by atoms with Gasteiger partial charge in [0.05, 0.1) is 17.2 Å². The van der Waals surface area contributed by atoms with Gasteiger partial charge in [-0.05, 0) is 79.0 Å². The molecule has 0 radical (unpaired) electrons. The molecule has 1 N–H and O–H groups in total. The van der Waals surface area contributed by atoms with Crippen molar-refractivity contribution < 1.29 is 14.3 Å². The van der Waals surface area contributed by atoms with Gasteiger partial charge in [-0.15, -0.1) is 0 Å². The molecule has 2 aromatic rings. The number of amides is 1. The van der Waals surface area contributed by atoms with E-state index in [4.69, 9.17) is 9.47 Å². The summed E-state index contributed by atoms with van der Waals surface area (Å²) in [6.45, 7) is 8.24. The molecular weight excluding hydrogens is 382 g/mol. The largest absolute Gasteiger partial charge is 0.480 e. The van der Waals surface area contributed by atoms with Gasteiger partial charge in [0.1, 0.15) is 5.75 Å². The number of rotatable bonds is 7. The number of ether oxygens (including phenoxy) is 2. The number of halogens is 1. The molecule has 0 heterocycles. The monoisotopic (exact) mass is 405 g/mol. The summed E-state index contributed by atoms with van der Waals surface area (Å²) in [6, 6.07) is 13.4.